The Morgan fingerprint density at radius 2 is 2.00 bits per heavy atom. The Morgan fingerprint density at radius 3 is 2.23 bits per heavy atom. The molecule has 0 unspecified atom stereocenters. The Morgan fingerprint density at radius 1 is 1.45 bits per heavy atom. The van der Waals surface area contributed by atoms with Gasteiger partial charge in [-0.25, -0.2) is 0 Å². The number of carbonyl (C=O) groups is 1. The Balaban J connectivity index is 0.000000534. The van der Waals surface area contributed by atoms with Crippen LogP contribution in [0.25, 0.3) is 4.91 Å². The van der Waals surface area contributed by atoms with Gasteiger partial charge in [-0.05, 0) is 19.2 Å². The Kier molecular flexibility index (Phi) is 8.29. The smallest absolute Gasteiger partial charge is 0.349 e. The van der Waals surface area contributed by atoms with Crippen LogP contribution in [0.2, 0.25) is 0 Å². The van der Waals surface area contributed by atoms with Crippen LogP contribution in [0, 0.1) is 0 Å². The van der Waals surface area contributed by atoms with E-state index >= 15 is 0 Å². The molecule has 4 nitrogen and oxygen atoms in total. The summed E-state index contributed by atoms with van der Waals surface area (Å²) < 4.78 is 38.2. The van der Waals surface area contributed by atoms with Crippen molar-refractivity contribution in [3.05, 3.63) is 23.5 Å². The predicted octanol–water partition coefficient (Wildman–Crippen LogP) is 3.65. The van der Waals surface area contributed by atoms with Crippen molar-refractivity contribution in [2.45, 2.75) is 26.4 Å². The van der Waals surface area contributed by atoms with Crippen molar-refractivity contribution < 1.29 is 18.0 Å². The highest BCUT2D eigenvalue weighted by atomic mass is 32.2. The second-order valence-corrected chi connectivity index (χ2v) is 5.38. The van der Waals surface area contributed by atoms with Gasteiger partial charge in [-0.15, -0.1) is 11.8 Å². The summed E-state index contributed by atoms with van der Waals surface area (Å²) in [6, 6.07) is 1.06. The fourth-order valence-corrected chi connectivity index (χ4v) is 2.08. The molecule has 0 fully saturated rings. The number of thioether (sulfide) groups is 1. The third kappa shape index (κ3) is 6.13. The molecule has 0 atom stereocenters. The number of hydrogen-bond acceptors (Lipinski definition) is 3. The quantitative estimate of drug-likeness (QED) is 0.845. The van der Waals surface area contributed by atoms with Crippen LogP contribution in [0.1, 0.15) is 31.7 Å². The molecule has 8 heteroatoms. The van der Waals surface area contributed by atoms with Gasteiger partial charge in [0.15, 0.2) is 0 Å². The Hall–Kier alpha value is -1.44. The molecule has 0 radical (unpaired) electrons. The monoisotopic (exact) mass is 337 g/mol. The summed E-state index contributed by atoms with van der Waals surface area (Å²) in [7, 11) is 4.80. The minimum Gasteiger partial charge on any atom is -0.349 e. The summed E-state index contributed by atoms with van der Waals surface area (Å²) in [5, 5.41) is 3.83. The lowest BCUT2D eigenvalue weighted by Gasteiger charge is -2.05. The zero-order valence-electron chi connectivity index (χ0n) is 13.7. The van der Waals surface area contributed by atoms with Crippen molar-refractivity contribution in [1.29, 1.82) is 0 Å². The van der Waals surface area contributed by atoms with E-state index in [1.807, 2.05) is 6.92 Å². The molecular formula is C14H22F3N3OS. The third-order valence-corrected chi connectivity index (χ3v) is 3.59. The van der Waals surface area contributed by atoms with Crippen LogP contribution < -0.4 is 0 Å². The lowest BCUT2D eigenvalue weighted by Crippen LogP contribution is -2.19. The van der Waals surface area contributed by atoms with Gasteiger partial charge in [0.2, 0.25) is 5.91 Å². The average molecular weight is 337 g/mol. The number of alkyl halides is 3. The number of carbonyl (C=O) groups excluding carboxylic acids is 1. The molecule has 0 aliphatic heterocycles. The minimum absolute atomic E-state index is 0.181. The molecule has 1 heterocycles. The molecule has 126 valence electrons. The van der Waals surface area contributed by atoms with Crippen LogP contribution in [0.4, 0.5) is 13.2 Å². The fourth-order valence-electron chi connectivity index (χ4n) is 1.54. The highest BCUT2D eigenvalue weighted by molar-refractivity contribution is 8.07. The standard InChI is InChI=1S/C9H11F3N2S.C5H11NO/c1-4-7(15-3)6-5-8(9(10,11)12)14(2)13-6;1-4-5(7)6(2)3/h4-5H,1-3H3;4H2,1-3H3/b7-4-;. The maximum absolute atomic E-state index is 12.4. The molecule has 0 saturated heterocycles. The first kappa shape index (κ1) is 20.6. The van der Waals surface area contributed by atoms with Crippen LogP contribution in [0.15, 0.2) is 12.1 Å². The maximum atomic E-state index is 12.4. The van der Waals surface area contributed by atoms with Crippen molar-refractivity contribution in [1.82, 2.24) is 14.7 Å². The molecule has 0 N–H and O–H groups in total. The summed E-state index contributed by atoms with van der Waals surface area (Å²) in [6.45, 7) is 3.62. The molecule has 1 aromatic rings. The normalized spacial score (nSPS) is 11.8. The van der Waals surface area contributed by atoms with E-state index in [1.54, 1.807) is 38.3 Å². The van der Waals surface area contributed by atoms with E-state index in [4.69, 9.17) is 0 Å². The second-order valence-electron chi connectivity index (χ2n) is 4.53. The van der Waals surface area contributed by atoms with Crippen LogP contribution in [-0.4, -0.2) is 40.9 Å². The fraction of sp³-hybridized carbons (Fsp3) is 0.571. The number of aryl methyl sites for hydroxylation is 1. The summed E-state index contributed by atoms with van der Waals surface area (Å²) in [4.78, 5) is 12.8. The van der Waals surface area contributed by atoms with E-state index < -0.39 is 11.9 Å². The molecular weight excluding hydrogens is 315 g/mol. The van der Waals surface area contributed by atoms with E-state index in [0.29, 0.717) is 12.1 Å². The van der Waals surface area contributed by atoms with Crippen molar-refractivity contribution in [2.24, 2.45) is 7.05 Å². The van der Waals surface area contributed by atoms with Gasteiger partial charge in [0.25, 0.3) is 0 Å². The Bertz CT molecular complexity index is 522. The van der Waals surface area contributed by atoms with Gasteiger partial charge in [0.1, 0.15) is 5.69 Å². The third-order valence-electron chi connectivity index (χ3n) is 2.71. The zero-order chi connectivity index (χ0) is 17.5. The summed E-state index contributed by atoms with van der Waals surface area (Å²) >= 11 is 1.37. The van der Waals surface area contributed by atoms with Crippen LogP contribution in [-0.2, 0) is 18.0 Å². The first-order valence-electron chi connectivity index (χ1n) is 6.60. The number of aromatic nitrogens is 2. The van der Waals surface area contributed by atoms with E-state index in [1.165, 1.54) is 18.8 Å². The highest BCUT2D eigenvalue weighted by Gasteiger charge is 2.35. The SMILES string of the molecule is C/C=C(\SC)c1cc(C(F)(F)F)n(C)n1.CCC(=O)N(C)C. The number of hydrogen-bond donors (Lipinski definition) is 0. The molecule has 22 heavy (non-hydrogen) atoms. The predicted molar refractivity (Wildman–Crippen MR) is 84.4 cm³/mol. The van der Waals surface area contributed by atoms with Crippen LogP contribution >= 0.6 is 11.8 Å². The lowest BCUT2D eigenvalue weighted by atomic mass is 10.3. The van der Waals surface area contributed by atoms with E-state index in [9.17, 15) is 18.0 Å². The first-order valence-corrected chi connectivity index (χ1v) is 7.82. The molecule has 1 aromatic heterocycles. The highest BCUT2D eigenvalue weighted by Crippen LogP contribution is 2.32. The number of nitrogens with zero attached hydrogens (tertiary/aromatic N) is 3. The summed E-state index contributed by atoms with van der Waals surface area (Å²) in [5.41, 5.74) is -0.370. The van der Waals surface area contributed by atoms with Gasteiger partial charge in [0, 0.05) is 32.5 Å². The van der Waals surface area contributed by atoms with E-state index in [-0.39, 0.29) is 5.91 Å². The molecule has 0 bridgehead atoms. The van der Waals surface area contributed by atoms with Crippen LogP contribution in [0.5, 0.6) is 0 Å². The number of rotatable bonds is 3. The average Bonchev–Trinajstić information content (AvgIpc) is 2.82. The zero-order valence-corrected chi connectivity index (χ0v) is 14.5. The van der Waals surface area contributed by atoms with Crippen molar-refractivity contribution in [3.8, 4) is 0 Å². The first-order chi connectivity index (χ1) is 10.1. The van der Waals surface area contributed by atoms with Gasteiger partial charge >= 0.3 is 6.18 Å². The number of halogens is 3. The van der Waals surface area contributed by atoms with Crippen LogP contribution in [0.3, 0.4) is 0 Å². The van der Waals surface area contributed by atoms with Gasteiger partial charge in [-0.2, -0.15) is 18.3 Å². The molecule has 0 aliphatic carbocycles. The van der Waals surface area contributed by atoms with Gasteiger partial charge in [-0.3, -0.25) is 9.48 Å². The summed E-state index contributed by atoms with van der Waals surface area (Å²) in [5.74, 6) is 0.181. The second kappa shape index (κ2) is 8.87. The van der Waals surface area contributed by atoms with Gasteiger partial charge < -0.3 is 4.90 Å². The van der Waals surface area contributed by atoms with Gasteiger partial charge in [0.05, 0.1) is 5.69 Å². The van der Waals surface area contributed by atoms with E-state index in [2.05, 4.69) is 5.10 Å². The molecule has 0 aromatic carbocycles. The Labute approximate surface area is 133 Å². The largest absolute Gasteiger partial charge is 0.433 e. The minimum atomic E-state index is -4.35. The molecule has 0 saturated carbocycles. The van der Waals surface area contributed by atoms with E-state index in [0.717, 1.165) is 15.7 Å². The number of amides is 1. The van der Waals surface area contributed by atoms with Crippen molar-refractivity contribution in [3.63, 3.8) is 0 Å². The van der Waals surface area contributed by atoms with Crippen molar-refractivity contribution in [2.75, 3.05) is 20.4 Å². The number of allylic oxidation sites excluding steroid dienone is 1. The molecule has 1 amide bonds. The molecule has 1 rings (SSSR count). The van der Waals surface area contributed by atoms with Crippen molar-refractivity contribution >= 4 is 22.6 Å². The summed E-state index contributed by atoms with van der Waals surface area (Å²) in [6.07, 6.45) is -0.200. The molecule has 0 aliphatic rings. The lowest BCUT2D eigenvalue weighted by molar-refractivity contribution is -0.143. The topological polar surface area (TPSA) is 38.1 Å². The molecule has 0 spiro atoms. The maximum Gasteiger partial charge on any atom is 0.433 e. The van der Waals surface area contributed by atoms with Gasteiger partial charge in [-0.1, -0.05) is 13.0 Å².